The van der Waals surface area contributed by atoms with Gasteiger partial charge in [-0.3, -0.25) is 0 Å². The van der Waals surface area contributed by atoms with Gasteiger partial charge in [0.1, 0.15) is 0 Å². The van der Waals surface area contributed by atoms with Gasteiger partial charge in [0.05, 0.1) is 11.0 Å². The van der Waals surface area contributed by atoms with Crippen molar-refractivity contribution < 1.29 is 0 Å². The minimum absolute atomic E-state index is 1.09. The van der Waals surface area contributed by atoms with Gasteiger partial charge < -0.3 is 9.47 Å². The number of benzene rings is 10. The van der Waals surface area contributed by atoms with Crippen molar-refractivity contribution in [2.75, 3.05) is 4.90 Å². The Morgan fingerprint density at radius 2 is 0.793 bits per heavy atom. The lowest BCUT2D eigenvalue weighted by Gasteiger charge is -2.27. The maximum atomic E-state index is 2.41. The van der Waals surface area contributed by atoms with Crippen LogP contribution in [0.3, 0.4) is 0 Å². The Morgan fingerprint density at radius 1 is 0.293 bits per heavy atom. The van der Waals surface area contributed by atoms with Crippen LogP contribution in [0.1, 0.15) is 0 Å². The number of hydrogen-bond donors (Lipinski definition) is 0. The highest BCUT2D eigenvalue weighted by molar-refractivity contribution is 6.22. The number of nitrogens with zero attached hydrogens (tertiary/aromatic N) is 2. The van der Waals surface area contributed by atoms with Crippen LogP contribution in [-0.4, -0.2) is 4.57 Å². The summed E-state index contributed by atoms with van der Waals surface area (Å²) in [5.41, 5.74) is 14.2. The van der Waals surface area contributed by atoms with E-state index in [0.717, 1.165) is 22.7 Å². The molecule has 1 aromatic heterocycles. The van der Waals surface area contributed by atoms with Crippen LogP contribution in [0.4, 0.5) is 17.1 Å². The molecule has 11 aromatic rings. The molecular weight excluding hydrogens is 701 g/mol. The van der Waals surface area contributed by atoms with Gasteiger partial charge in [0.2, 0.25) is 0 Å². The second-order valence-electron chi connectivity index (χ2n) is 14.9. The van der Waals surface area contributed by atoms with Crippen LogP contribution in [0.25, 0.3) is 82.4 Å². The number of aromatic nitrogens is 1. The van der Waals surface area contributed by atoms with E-state index in [9.17, 15) is 0 Å². The van der Waals surface area contributed by atoms with Crippen LogP contribution in [-0.2, 0) is 0 Å². The van der Waals surface area contributed by atoms with Gasteiger partial charge in [0.25, 0.3) is 0 Å². The van der Waals surface area contributed by atoms with Gasteiger partial charge in [-0.2, -0.15) is 0 Å². The monoisotopic (exact) mass is 738 g/mol. The highest BCUT2D eigenvalue weighted by Gasteiger charge is 2.21. The molecule has 0 aliphatic carbocycles. The van der Waals surface area contributed by atoms with Crippen LogP contribution in [0, 0.1) is 0 Å². The smallest absolute Gasteiger partial charge is 0.0619 e. The molecule has 58 heavy (non-hydrogen) atoms. The quantitative estimate of drug-likeness (QED) is 0.148. The van der Waals surface area contributed by atoms with E-state index in [1.54, 1.807) is 0 Å². The molecule has 0 atom stereocenters. The Morgan fingerprint density at radius 3 is 1.48 bits per heavy atom. The highest BCUT2D eigenvalue weighted by Crippen LogP contribution is 2.47. The van der Waals surface area contributed by atoms with Gasteiger partial charge in [0, 0.05) is 39.1 Å². The van der Waals surface area contributed by atoms with Crippen molar-refractivity contribution in [2.45, 2.75) is 0 Å². The van der Waals surface area contributed by atoms with Crippen LogP contribution in [0.2, 0.25) is 0 Å². The molecule has 0 N–H and O–H groups in total. The molecule has 0 aliphatic heterocycles. The molecule has 0 amide bonds. The topological polar surface area (TPSA) is 8.17 Å². The summed E-state index contributed by atoms with van der Waals surface area (Å²) in [6, 6.07) is 83.6. The summed E-state index contributed by atoms with van der Waals surface area (Å²) in [7, 11) is 0. The van der Waals surface area contributed by atoms with Crippen LogP contribution >= 0.6 is 0 Å². The lowest BCUT2D eigenvalue weighted by atomic mass is 9.85. The molecule has 0 bridgehead atoms. The zero-order valence-electron chi connectivity index (χ0n) is 31.8. The first-order valence-electron chi connectivity index (χ1n) is 19.9. The van der Waals surface area contributed by atoms with Crippen molar-refractivity contribution in [3.8, 4) is 39.1 Å². The van der Waals surface area contributed by atoms with Gasteiger partial charge in [-0.05, 0) is 104 Å². The number of fused-ring (bicyclic) bond motifs is 6. The first-order valence-corrected chi connectivity index (χ1v) is 19.9. The van der Waals surface area contributed by atoms with Crippen LogP contribution in [0.15, 0.2) is 231 Å². The number of rotatable bonds is 7. The first-order chi connectivity index (χ1) is 28.8. The van der Waals surface area contributed by atoms with E-state index in [4.69, 9.17) is 0 Å². The van der Waals surface area contributed by atoms with Crippen molar-refractivity contribution in [3.05, 3.63) is 231 Å². The Bertz CT molecular complexity index is 3240. The molecular formula is C56H38N2. The molecule has 0 radical (unpaired) electrons. The molecule has 0 fully saturated rings. The number of para-hydroxylation sites is 4. The molecule has 0 aliphatic rings. The highest BCUT2D eigenvalue weighted by atomic mass is 15.1. The molecule has 11 rings (SSSR count). The fourth-order valence-electron chi connectivity index (χ4n) is 9.04. The molecule has 2 nitrogen and oxygen atoms in total. The number of hydrogen-bond acceptors (Lipinski definition) is 1. The summed E-state index contributed by atoms with van der Waals surface area (Å²) in [6.07, 6.45) is 0. The van der Waals surface area contributed by atoms with Gasteiger partial charge >= 0.3 is 0 Å². The van der Waals surface area contributed by atoms with Gasteiger partial charge in [-0.25, -0.2) is 0 Å². The maximum absolute atomic E-state index is 2.41. The minimum atomic E-state index is 1.09. The lowest BCUT2D eigenvalue weighted by Crippen LogP contribution is -2.10. The van der Waals surface area contributed by atoms with E-state index >= 15 is 0 Å². The molecule has 1 heterocycles. The Balaban J connectivity index is 1.12. The first kappa shape index (κ1) is 33.6. The predicted octanol–water partition coefficient (Wildman–Crippen LogP) is 15.6. The van der Waals surface area contributed by atoms with Crippen LogP contribution in [0.5, 0.6) is 0 Å². The maximum Gasteiger partial charge on any atom is 0.0619 e. The summed E-state index contributed by atoms with van der Waals surface area (Å²) in [5.74, 6) is 0. The Hall–Kier alpha value is -7.68. The Labute approximate surface area is 338 Å². The van der Waals surface area contributed by atoms with Crippen molar-refractivity contribution in [2.24, 2.45) is 0 Å². The zero-order chi connectivity index (χ0) is 38.4. The summed E-state index contributed by atoms with van der Waals surface area (Å²) in [4.78, 5) is 2.39. The van der Waals surface area contributed by atoms with Crippen molar-refractivity contribution in [1.82, 2.24) is 4.57 Å². The van der Waals surface area contributed by atoms with Crippen molar-refractivity contribution >= 4 is 60.4 Å². The van der Waals surface area contributed by atoms with E-state index in [1.807, 2.05) is 0 Å². The average Bonchev–Trinajstić information content (AvgIpc) is 3.65. The van der Waals surface area contributed by atoms with E-state index in [1.165, 1.54) is 76.7 Å². The average molecular weight is 739 g/mol. The van der Waals surface area contributed by atoms with E-state index in [2.05, 4.69) is 240 Å². The molecule has 0 saturated heterocycles. The fraction of sp³-hybridized carbons (Fsp3) is 0. The minimum Gasteiger partial charge on any atom is -0.310 e. The summed E-state index contributed by atoms with van der Waals surface area (Å²) in [5, 5.41) is 7.47. The van der Waals surface area contributed by atoms with E-state index in [0.29, 0.717) is 0 Å². The van der Waals surface area contributed by atoms with E-state index < -0.39 is 0 Å². The summed E-state index contributed by atoms with van der Waals surface area (Å²) < 4.78 is 2.41. The third-order valence-electron chi connectivity index (χ3n) is 11.6. The van der Waals surface area contributed by atoms with Crippen molar-refractivity contribution in [1.29, 1.82) is 0 Å². The van der Waals surface area contributed by atoms with Gasteiger partial charge in [0.15, 0.2) is 0 Å². The Kier molecular flexibility index (Phi) is 8.19. The largest absolute Gasteiger partial charge is 0.310 e. The third-order valence-corrected chi connectivity index (χ3v) is 11.6. The predicted molar refractivity (Wildman–Crippen MR) is 247 cm³/mol. The van der Waals surface area contributed by atoms with Gasteiger partial charge in [-0.15, -0.1) is 0 Å². The molecule has 0 spiro atoms. The van der Waals surface area contributed by atoms with Gasteiger partial charge in [-0.1, -0.05) is 176 Å². The second kappa shape index (κ2) is 14.1. The molecule has 2 heteroatoms. The third kappa shape index (κ3) is 5.57. The zero-order valence-corrected chi connectivity index (χ0v) is 31.8. The molecule has 0 saturated carbocycles. The van der Waals surface area contributed by atoms with Crippen LogP contribution < -0.4 is 4.90 Å². The summed E-state index contributed by atoms with van der Waals surface area (Å²) in [6.45, 7) is 0. The standard InChI is InChI=1S/C56H38N2/c1-5-18-40(19-6-1)54-50-28-14-13-26-47(50)48-37-36-45(38-52(48)55(54)41-20-7-2-8-21-41)57(42-22-9-3-10-23-42)44-34-32-39(33-35-44)46-29-17-30-51-49-27-15-16-31-53(49)58(56(46)51)43-24-11-4-12-25-43/h1-38H. The molecule has 10 aromatic carbocycles. The SMILES string of the molecule is c1ccc(-c2c(-c3ccccc3)c3cc(N(c4ccccc4)c4ccc(-c5cccc6c7ccccc7n(-c7ccccc7)c56)cc4)ccc3c3ccccc23)cc1. The second-order valence-corrected chi connectivity index (χ2v) is 14.9. The summed E-state index contributed by atoms with van der Waals surface area (Å²) >= 11 is 0. The lowest BCUT2D eigenvalue weighted by molar-refractivity contribution is 1.18. The molecule has 0 unspecified atom stereocenters. The molecule has 272 valence electrons. The fourth-order valence-corrected chi connectivity index (χ4v) is 9.04. The normalized spacial score (nSPS) is 11.4. The number of anilines is 3. The van der Waals surface area contributed by atoms with E-state index in [-0.39, 0.29) is 0 Å². The van der Waals surface area contributed by atoms with Crippen molar-refractivity contribution in [3.63, 3.8) is 0 Å².